The third kappa shape index (κ3) is 1.92. The Balaban J connectivity index is 1.88. The highest BCUT2D eigenvalue weighted by atomic mass is 32.1. The van der Waals surface area contributed by atoms with E-state index in [4.69, 9.17) is 18.0 Å². The number of rotatable bonds is 2. The van der Waals surface area contributed by atoms with Gasteiger partial charge >= 0.3 is 0 Å². The molecular weight excluding hydrogens is 248 g/mol. The van der Waals surface area contributed by atoms with Crippen LogP contribution in [0.2, 0.25) is 0 Å². The largest absolute Gasteiger partial charge is 0.388 e. The molecule has 0 aliphatic carbocycles. The molecule has 0 saturated carbocycles. The van der Waals surface area contributed by atoms with Crippen LogP contribution in [0.3, 0.4) is 0 Å². The minimum Gasteiger partial charge on any atom is -0.388 e. The number of anilines is 1. The summed E-state index contributed by atoms with van der Waals surface area (Å²) >= 11 is 4.94. The molecule has 2 N–H and O–H groups in total. The second kappa shape index (κ2) is 4.34. The normalized spacial score (nSPS) is 14.3. The highest BCUT2D eigenvalue weighted by Gasteiger charge is 2.18. The molecule has 3 rings (SSSR count). The fourth-order valence-electron chi connectivity index (χ4n) is 2.04. The van der Waals surface area contributed by atoms with Crippen LogP contribution in [0.4, 0.5) is 5.69 Å². The molecule has 0 atom stereocenters. The fraction of sp³-hybridized carbons (Fsp3) is 0.273. The molecule has 6 nitrogen and oxygen atoms in total. The molecule has 3 heterocycles. The van der Waals surface area contributed by atoms with Crippen molar-refractivity contribution in [1.82, 2.24) is 19.7 Å². The highest BCUT2D eigenvalue weighted by molar-refractivity contribution is 7.80. The molecule has 0 bridgehead atoms. The summed E-state index contributed by atoms with van der Waals surface area (Å²) in [6, 6.07) is 3.86. The van der Waals surface area contributed by atoms with Gasteiger partial charge in [0.1, 0.15) is 11.3 Å². The first-order valence-electron chi connectivity index (χ1n) is 5.61. The second-order valence-corrected chi connectivity index (χ2v) is 4.57. The Bertz CT molecular complexity index is 593. The van der Waals surface area contributed by atoms with Gasteiger partial charge in [-0.25, -0.2) is 0 Å². The van der Waals surface area contributed by atoms with E-state index in [0.717, 1.165) is 31.1 Å². The van der Waals surface area contributed by atoms with Gasteiger partial charge < -0.3 is 15.2 Å². The van der Waals surface area contributed by atoms with E-state index >= 15 is 0 Å². The molecule has 2 aromatic rings. The fourth-order valence-corrected chi connectivity index (χ4v) is 2.15. The molecule has 0 saturated heterocycles. The van der Waals surface area contributed by atoms with Gasteiger partial charge in [-0.15, -0.1) is 10.2 Å². The van der Waals surface area contributed by atoms with Crippen molar-refractivity contribution in [3.8, 4) is 0 Å². The van der Waals surface area contributed by atoms with Gasteiger partial charge in [0.2, 0.25) is 0 Å². The predicted octanol–water partition coefficient (Wildman–Crippen LogP) is 0.327. The van der Waals surface area contributed by atoms with Gasteiger partial charge in [0.15, 0.2) is 5.82 Å². The van der Waals surface area contributed by atoms with Crippen LogP contribution in [0.15, 0.2) is 24.7 Å². The topological polar surface area (TPSA) is 72.9 Å². The maximum Gasteiger partial charge on any atom is 0.152 e. The van der Waals surface area contributed by atoms with Gasteiger partial charge in [0, 0.05) is 25.0 Å². The Morgan fingerprint density at radius 3 is 3.11 bits per heavy atom. The quantitative estimate of drug-likeness (QED) is 0.784. The van der Waals surface area contributed by atoms with Crippen molar-refractivity contribution in [3.05, 3.63) is 36.2 Å². The molecule has 92 valence electrons. The molecule has 7 heteroatoms. The van der Waals surface area contributed by atoms with E-state index in [2.05, 4.69) is 24.6 Å². The lowest BCUT2D eigenvalue weighted by atomic mass is 10.2. The van der Waals surface area contributed by atoms with Crippen LogP contribution in [0.25, 0.3) is 0 Å². The first-order chi connectivity index (χ1) is 8.74. The van der Waals surface area contributed by atoms with Crippen molar-refractivity contribution in [2.45, 2.75) is 13.1 Å². The average Bonchev–Trinajstić information content (AvgIpc) is 2.86. The lowest BCUT2D eigenvalue weighted by Crippen LogP contribution is -2.33. The lowest BCUT2D eigenvalue weighted by Gasteiger charge is -2.29. The summed E-state index contributed by atoms with van der Waals surface area (Å²) in [5.41, 5.74) is 7.30. The summed E-state index contributed by atoms with van der Waals surface area (Å²) in [5.74, 6) is 0.968. The van der Waals surface area contributed by atoms with E-state index < -0.39 is 0 Å². The zero-order chi connectivity index (χ0) is 12.5. The van der Waals surface area contributed by atoms with Crippen molar-refractivity contribution >= 4 is 22.9 Å². The lowest BCUT2D eigenvalue weighted by molar-refractivity contribution is 0.560. The maximum atomic E-state index is 5.60. The smallest absolute Gasteiger partial charge is 0.152 e. The minimum absolute atomic E-state index is 0.317. The molecule has 0 spiro atoms. The predicted molar refractivity (Wildman–Crippen MR) is 71.2 cm³/mol. The Morgan fingerprint density at radius 1 is 1.39 bits per heavy atom. The summed E-state index contributed by atoms with van der Waals surface area (Å²) in [6.07, 6.45) is 3.49. The van der Waals surface area contributed by atoms with Gasteiger partial charge in [-0.2, -0.15) is 0 Å². The number of fused-ring (bicyclic) bond motifs is 1. The Kier molecular flexibility index (Phi) is 2.67. The minimum atomic E-state index is 0.317. The van der Waals surface area contributed by atoms with E-state index in [9.17, 15) is 0 Å². The number of hydrogen-bond acceptors (Lipinski definition) is 5. The highest BCUT2D eigenvalue weighted by Crippen LogP contribution is 2.19. The van der Waals surface area contributed by atoms with Gasteiger partial charge in [-0.05, 0) is 12.1 Å². The number of hydrogen-bond donors (Lipinski definition) is 1. The Hall–Kier alpha value is -2.02. The molecule has 0 amide bonds. The second-order valence-electron chi connectivity index (χ2n) is 4.13. The van der Waals surface area contributed by atoms with Gasteiger partial charge in [-0.1, -0.05) is 12.2 Å². The molecule has 1 aliphatic heterocycles. The van der Waals surface area contributed by atoms with Crippen LogP contribution >= 0.6 is 12.2 Å². The standard InChI is InChI=1S/C11H12N6S/c12-11(18)9-5-8(1-2-13-9)16-3-4-17-7-14-15-10(17)6-16/h1-2,5,7H,3-4,6H2,(H2,12,18). The molecule has 18 heavy (non-hydrogen) atoms. The Labute approximate surface area is 109 Å². The van der Waals surface area contributed by atoms with E-state index in [1.54, 1.807) is 12.5 Å². The summed E-state index contributed by atoms with van der Waals surface area (Å²) in [6.45, 7) is 2.53. The van der Waals surface area contributed by atoms with Crippen LogP contribution in [-0.2, 0) is 13.1 Å². The monoisotopic (exact) mass is 260 g/mol. The number of nitrogens with zero attached hydrogens (tertiary/aromatic N) is 5. The van der Waals surface area contributed by atoms with Crippen LogP contribution in [0.5, 0.6) is 0 Å². The first kappa shape index (κ1) is 11.1. The number of thiocarbonyl (C=S) groups is 1. The maximum absolute atomic E-state index is 5.60. The van der Waals surface area contributed by atoms with Crippen LogP contribution in [0, 0.1) is 0 Å². The third-order valence-corrected chi connectivity index (χ3v) is 3.21. The average molecular weight is 260 g/mol. The number of nitrogens with two attached hydrogens (primary N) is 1. The molecule has 0 unspecified atom stereocenters. The van der Waals surface area contributed by atoms with Crippen LogP contribution < -0.4 is 10.6 Å². The summed E-state index contributed by atoms with van der Waals surface area (Å²) < 4.78 is 2.06. The van der Waals surface area contributed by atoms with Crippen molar-refractivity contribution in [1.29, 1.82) is 0 Å². The molecule has 0 aromatic carbocycles. The molecule has 1 aliphatic rings. The third-order valence-electron chi connectivity index (χ3n) is 3.00. The zero-order valence-corrected chi connectivity index (χ0v) is 10.5. The van der Waals surface area contributed by atoms with E-state index in [0.29, 0.717) is 10.7 Å². The molecule has 0 radical (unpaired) electrons. The van der Waals surface area contributed by atoms with Gasteiger partial charge in [-0.3, -0.25) is 4.98 Å². The van der Waals surface area contributed by atoms with E-state index in [1.807, 2.05) is 12.1 Å². The van der Waals surface area contributed by atoms with Crippen LogP contribution in [-0.4, -0.2) is 31.3 Å². The molecule has 0 fully saturated rings. The molecule has 2 aromatic heterocycles. The van der Waals surface area contributed by atoms with Crippen molar-refractivity contribution < 1.29 is 0 Å². The van der Waals surface area contributed by atoms with Crippen LogP contribution in [0.1, 0.15) is 11.5 Å². The summed E-state index contributed by atoms with van der Waals surface area (Å²) in [4.78, 5) is 6.67. The summed E-state index contributed by atoms with van der Waals surface area (Å²) in [5, 5.41) is 8.01. The SMILES string of the molecule is NC(=S)c1cc(N2CCn3cnnc3C2)ccn1. The molecular formula is C11H12N6S. The van der Waals surface area contributed by atoms with Crippen molar-refractivity contribution in [3.63, 3.8) is 0 Å². The van der Waals surface area contributed by atoms with Gasteiger partial charge in [0.25, 0.3) is 0 Å². The van der Waals surface area contributed by atoms with Crippen molar-refractivity contribution in [2.24, 2.45) is 5.73 Å². The van der Waals surface area contributed by atoms with E-state index in [-0.39, 0.29) is 0 Å². The van der Waals surface area contributed by atoms with Crippen molar-refractivity contribution in [2.75, 3.05) is 11.4 Å². The zero-order valence-electron chi connectivity index (χ0n) is 9.65. The Morgan fingerprint density at radius 2 is 2.28 bits per heavy atom. The van der Waals surface area contributed by atoms with Gasteiger partial charge in [0.05, 0.1) is 12.2 Å². The first-order valence-corrected chi connectivity index (χ1v) is 6.02. The number of pyridine rings is 1. The van der Waals surface area contributed by atoms with E-state index in [1.165, 1.54) is 0 Å². The summed E-state index contributed by atoms with van der Waals surface area (Å²) in [7, 11) is 0. The number of aromatic nitrogens is 4.